The predicted octanol–water partition coefficient (Wildman–Crippen LogP) is -0.144. The first kappa shape index (κ1) is 5.74. The van der Waals surface area contributed by atoms with Crippen LogP contribution in [0.2, 0.25) is 0 Å². The van der Waals surface area contributed by atoms with Crippen molar-refractivity contribution in [3.05, 3.63) is 12.3 Å². The van der Waals surface area contributed by atoms with Gasteiger partial charge in [0.05, 0.1) is 7.11 Å². The summed E-state index contributed by atoms with van der Waals surface area (Å²) in [5.74, 6) is -0.745. The Labute approximate surface area is 50.6 Å². The molecular formula is C4H4N2O3. The summed E-state index contributed by atoms with van der Waals surface area (Å²) in [6, 6.07) is 0. The molecule has 0 aliphatic carbocycles. The molecule has 1 rings (SSSR count). The van der Waals surface area contributed by atoms with E-state index in [1.807, 2.05) is 0 Å². The number of aromatic nitrogens is 2. The van der Waals surface area contributed by atoms with Crippen LogP contribution in [0.4, 0.5) is 0 Å². The highest BCUT2D eigenvalue weighted by atomic mass is 16.5. The van der Waals surface area contributed by atoms with Crippen molar-refractivity contribution in [2.75, 3.05) is 7.11 Å². The van der Waals surface area contributed by atoms with Gasteiger partial charge in [0.1, 0.15) is 0 Å². The molecule has 0 atom stereocenters. The Morgan fingerprint density at radius 2 is 2.67 bits per heavy atom. The van der Waals surface area contributed by atoms with Crippen LogP contribution in [0.25, 0.3) is 0 Å². The zero-order valence-electron chi connectivity index (χ0n) is 4.70. The lowest BCUT2D eigenvalue weighted by Crippen LogP contribution is -2.00. The number of carbonyl (C=O) groups excluding carboxylic acids is 1. The molecular weight excluding hydrogens is 124 g/mol. The number of nitrogens with zero attached hydrogens (tertiary/aromatic N) is 2. The third-order valence-electron chi connectivity index (χ3n) is 0.720. The Balaban J connectivity index is 2.77. The first-order valence-electron chi connectivity index (χ1n) is 2.19. The van der Waals surface area contributed by atoms with Gasteiger partial charge in [0.25, 0.3) is 0 Å². The quantitative estimate of drug-likeness (QED) is 0.492. The fraction of sp³-hybridized carbons (Fsp3) is 0.250. The SMILES string of the molecule is COC(=O)c1nnco1. The van der Waals surface area contributed by atoms with Crippen molar-refractivity contribution >= 4 is 5.97 Å². The van der Waals surface area contributed by atoms with E-state index in [9.17, 15) is 4.79 Å². The van der Waals surface area contributed by atoms with Gasteiger partial charge >= 0.3 is 11.9 Å². The molecule has 1 aromatic rings. The third-order valence-corrected chi connectivity index (χ3v) is 0.720. The second-order valence-corrected chi connectivity index (χ2v) is 1.24. The van der Waals surface area contributed by atoms with Crippen LogP contribution < -0.4 is 0 Å². The zero-order valence-corrected chi connectivity index (χ0v) is 4.70. The highest BCUT2D eigenvalue weighted by Gasteiger charge is 2.09. The maximum absolute atomic E-state index is 10.5. The van der Waals surface area contributed by atoms with Gasteiger partial charge in [-0.15, -0.1) is 10.2 Å². The van der Waals surface area contributed by atoms with Gasteiger partial charge < -0.3 is 9.15 Å². The van der Waals surface area contributed by atoms with E-state index in [1.165, 1.54) is 7.11 Å². The zero-order chi connectivity index (χ0) is 6.69. The highest BCUT2D eigenvalue weighted by molar-refractivity contribution is 5.83. The monoisotopic (exact) mass is 128 g/mol. The van der Waals surface area contributed by atoms with Crippen LogP contribution in [0.5, 0.6) is 0 Å². The van der Waals surface area contributed by atoms with Crippen molar-refractivity contribution in [3.8, 4) is 0 Å². The van der Waals surface area contributed by atoms with Gasteiger partial charge in [0, 0.05) is 0 Å². The molecule has 0 radical (unpaired) electrons. The smallest absolute Gasteiger partial charge is 0.396 e. The Morgan fingerprint density at radius 1 is 1.89 bits per heavy atom. The molecule has 0 bridgehead atoms. The van der Waals surface area contributed by atoms with Crippen LogP contribution in [0, 0.1) is 0 Å². The van der Waals surface area contributed by atoms with E-state index >= 15 is 0 Å². The number of methoxy groups -OCH3 is 1. The number of ether oxygens (including phenoxy) is 1. The molecule has 5 nitrogen and oxygen atoms in total. The Morgan fingerprint density at radius 3 is 3.11 bits per heavy atom. The normalized spacial score (nSPS) is 9.00. The number of esters is 1. The molecule has 0 fully saturated rings. The summed E-state index contributed by atoms with van der Waals surface area (Å²) >= 11 is 0. The molecule has 1 heterocycles. The van der Waals surface area contributed by atoms with Crippen molar-refractivity contribution in [1.82, 2.24) is 10.2 Å². The van der Waals surface area contributed by atoms with Crippen molar-refractivity contribution in [2.24, 2.45) is 0 Å². The van der Waals surface area contributed by atoms with Gasteiger partial charge in [-0.05, 0) is 0 Å². The van der Waals surface area contributed by atoms with Crippen LogP contribution in [-0.4, -0.2) is 23.3 Å². The van der Waals surface area contributed by atoms with E-state index in [2.05, 4.69) is 19.4 Å². The Bertz CT molecular complexity index is 194. The average molecular weight is 128 g/mol. The highest BCUT2D eigenvalue weighted by Crippen LogP contribution is 1.92. The van der Waals surface area contributed by atoms with E-state index in [0.29, 0.717) is 0 Å². The summed E-state index contributed by atoms with van der Waals surface area (Å²) in [4.78, 5) is 10.5. The number of hydrogen-bond acceptors (Lipinski definition) is 5. The van der Waals surface area contributed by atoms with Crippen LogP contribution in [0.15, 0.2) is 10.8 Å². The first-order valence-corrected chi connectivity index (χ1v) is 2.19. The molecule has 1 aromatic heterocycles. The molecule has 0 aliphatic heterocycles. The maximum atomic E-state index is 10.5. The standard InChI is InChI=1S/C4H4N2O3/c1-8-4(7)3-6-5-2-9-3/h2H,1H3. The topological polar surface area (TPSA) is 65.2 Å². The van der Waals surface area contributed by atoms with E-state index < -0.39 is 5.97 Å². The van der Waals surface area contributed by atoms with Crippen molar-refractivity contribution < 1.29 is 13.9 Å². The summed E-state index contributed by atoms with van der Waals surface area (Å²) < 4.78 is 8.75. The van der Waals surface area contributed by atoms with Crippen LogP contribution in [-0.2, 0) is 4.74 Å². The molecule has 48 valence electrons. The average Bonchev–Trinajstić information content (AvgIpc) is 2.37. The molecule has 0 spiro atoms. The molecule has 0 aromatic carbocycles. The number of hydrogen-bond donors (Lipinski definition) is 0. The van der Waals surface area contributed by atoms with Gasteiger partial charge in [-0.3, -0.25) is 0 Å². The Hall–Kier alpha value is -1.39. The summed E-state index contributed by atoms with van der Waals surface area (Å²) in [5, 5.41) is 6.57. The van der Waals surface area contributed by atoms with E-state index in [1.54, 1.807) is 0 Å². The van der Waals surface area contributed by atoms with Gasteiger partial charge in [-0.1, -0.05) is 0 Å². The van der Waals surface area contributed by atoms with E-state index in [-0.39, 0.29) is 5.89 Å². The molecule has 5 heteroatoms. The maximum Gasteiger partial charge on any atom is 0.396 e. The minimum atomic E-state index is -0.618. The van der Waals surface area contributed by atoms with Crippen LogP contribution in [0.1, 0.15) is 10.7 Å². The van der Waals surface area contributed by atoms with Gasteiger partial charge in [0.2, 0.25) is 6.39 Å². The third kappa shape index (κ3) is 1.04. The minimum absolute atomic E-state index is 0.127. The summed E-state index contributed by atoms with van der Waals surface area (Å²) in [7, 11) is 1.24. The molecule has 9 heavy (non-hydrogen) atoms. The van der Waals surface area contributed by atoms with E-state index in [4.69, 9.17) is 0 Å². The van der Waals surface area contributed by atoms with Gasteiger partial charge in [-0.2, -0.15) is 0 Å². The predicted molar refractivity (Wildman–Crippen MR) is 25.6 cm³/mol. The lowest BCUT2D eigenvalue weighted by molar-refractivity contribution is 0.0556. The summed E-state index contributed by atoms with van der Waals surface area (Å²) in [6.07, 6.45) is 1.06. The van der Waals surface area contributed by atoms with Crippen molar-refractivity contribution in [3.63, 3.8) is 0 Å². The lowest BCUT2D eigenvalue weighted by Gasteiger charge is -1.87. The molecule has 0 unspecified atom stereocenters. The summed E-state index contributed by atoms with van der Waals surface area (Å²) in [5.41, 5.74) is 0. The molecule has 0 amide bonds. The molecule has 0 saturated carbocycles. The second kappa shape index (κ2) is 2.25. The second-order valence-electron chi connectivity index (χ2n) is 1.24. The molecule has 0 saturated heterocycles. The van der Waals surface area contributed by atoms with E-state index in [0.717, 1.165) is 6.39 Å². The van der Waals surface area contributed by atoms with Gasteiger partial charge in [-0.25, -0.2) is 4.79 Å². The number of rotatable bonds is 1. The van der Waals surface area contributed by atoms with Gasteiger partial charge in [0.15, 0.2) is 0 Å². The van der Waals surface area contributed by atoms with Crippen molar-refractivity contribution in [1.29, 1.82) is 0 Å². The summed E-state index contributed by atoms with van der Waals surface area (Å²) in [6.45, 7) is 0. The minimum Gasteiger partial charge on any atom is -0.462 e. The molecule has 0 N–H and O–H groups in total. The number of carbonyl (C=O) groups is 1. The lowest BCUT2D eigenvalue weighted by atomic mass is 10.7. The Kier molecular flexibility index (Phi) is 1.44. The largest absolute Gasteiger partial charge is 0.462 e. The van der Waals surface area contributed by atoms with Crippen LogP contribution in [0.3, 0.4) is 0 Å². The molecule has 0 aliphatic rings. The van der Waals surface area contributed by atoms with Crippen LogP contribution >= 0.6 is 0 Å². The van der Waals surface area contributed by atoms with Crippen molar-refractivity contribution in [2.45, 2.75) is 0 Å². The first-order chi connectivity index (χ1) is 4.34. The fourth-order valence-electron chi connectivity index (χ4n) is 0.349. The fourth-order valence-corrected chi connectivity index (χ4v) is 0.349.